The number of rotatable bonds is 6. The molecule has 0 radical (unpaired) electrons. The lowest BCUT2D eigenvalue weighted by molar-refractivity contribution is -0.673. The summed E-state index contributed by atoms with van der Waals surface area (Å²) in [6.07, 6.45) is -1.64. The van der Waals surface area contributed by atoms with E-state index in [1.807, 2.05) is 6.07 Å². The Morgan fingerprint density at radius 1 is 1.14 bits per heavy atom. The molecule has 0 spiro atoms. The lowest BCUT2D eigenvalue weighted by Gasteiger charge is -2.32. The van der Waals surface area contributed by atoms with E-state index in [9.17, 15) is 18.0 Å². The number of hydrogen-bond donors (Lipinski definition) is 1. The van der Waals surface area contributed by atoms with Gasteiger partial charge < -0.3 is 14.8 Å². The van der Waals surface area contributed by atoms with Gasteiger partial charge in [-0.1, -0.05) is 18.2 Å². The summed E-state index contributed by atoms with van der Waals surface area (Å²) in [5, 5.41) is 3.27. The van der Waals surface area contributed by atoms with Gasteiger partial charge in [0, 0.05) is 24.0 Å². The van der Waals surface area contributed by atoms with Crippen LogP contribution in [0.1, 0.15) is 49.1 Å². The third-order valence-corrected chi connectivity index (χ3v) is 5.79. The molecule has 9 heteroatoms. The van der Waals surface area contributed by atoms with E-state index in [1.165, 1.54) is 24.4 Å². The second-order valence-corrected chi connectivity index (χ2v) is 8.59. The lowest BCUT2D eigenvalue weighted by Crippen LogP contribution is -2.36. The number of carbonyl (C=O) groups excluding carboxylic acids is 1. The van der Waals surface area contributed by atoms with Crippen LogP contribution in [0.15, 0.2) is 66.5 Å². The number of esters is 1. The maximum absolute atomic E-state index is 14.3. The summed E-state index contributed by atoms with van der Waals surface area (Å²) in [6.45, 7) is 5.30. The highest BCUT2D eigenvalue weighted by Crippen LogP contribution is 2.50. The summed E-state index contributed by atoms with van der Waals surface area (Å²) in [4.78, 5) is 17.8. The first-order valence-electron chi connectivity index (χ1n) is 11.6. The van der Waals surface area contributed by atoms with Gasteiger partial charge in [-0.25, -0.2) is 9.78 Å². The zero-order chi connectivity index (χ0) is 26.0. The Labute approximate surface area is 207 Å². The molecule has 188 valence electrons. The van der Waals surface area contributed by atoms with Gasteiger partial charge >= 0.3 is 12.1 Å². The fourth-order valence-electron chi connectivity index (χ4n) is 4.38. The molecule has 0 saturated carbocycles. The summed E-state index contributed by atoms with van der Waals surface area (Å²) in [5.74, 6) is -1.73. The van der Waals surface area contributed by atoms with Gasteiger partial charge in [0.25, 0.3) is 0 Å². The van der Waals surface area contributed by atoms with E-state index in [0.717, 1.165) is 6.07 Å². The standard InChI is InChI=1S/C27H26F3N3O3/c1-5-35-26(34)23-21(17-10-6-7-11-18(17)27(28,29)30)22-19(13-14-31-25(22)36-16(2)3)32-24(23)20-12-8-9-15-33(20)4/h6-16,21H,5H2,1-4H3/p+1. The van der Waals surface area contributed by atoms with Gasteiger partial charge in [-0.3, -0.25) is 0 Å². The van der Waals surface area contributed by atoms with Crippen LogP contribution >= 0.6 is 0 Å². The molecule has 1 aromatic carbocycles. The van der Waals surface area contributed by atoms with Crippen LogP contribution in [0.5, 0.6) is 5.88 Å². The van der Waals surface area contributed by atoms with E-state index in [0.29, 0.717) is 22.6 Å². The lowest BCUT2D eigenvalue weighted by atomic mass is 9.78. The number of ether oxygens (including phenoxy) is 2. The molecular formula is C27H27F3N3O3+. The monoisotopic (exact) mass is 498 g/mol. The van der Waals surface area contributed by atoms with E-state index < -0.39 is 23.6 Å². The van der Waals surface area contributed by atoms with E-state index in [4.69, 9.17) is 9.47 Å². The van der Waals surface area contributed by atoms with Crippen molar-refractivity contribution >= 4 is 17.4 Å². The topological polar surface area (TPSA) is 64.3 Å². The number of carbonyl (C=O) groups is 1. The molecule has 0 bridgehead atoms. The molecule has 0 amide bonds. The molecule has 0 saturated heterocycles. The Morgan fingerprint density at radius 3 is 2.53 bits per heavy atom. The number of aromatic nitrogens is 2. The van der Waals surface area contributed by atoms with Crippen LogP contribution in [0.2, 0.25) is 0 Å². The predicted octanol–water partition coefficient (Wildman–Crippen LogP) is 5.24. The molecule has 1 unspecified atom stereocenters. The average molecular weight is 499 g/mol. The van der Waals surface area contributed by atoms with Gasteiger partial charge in [-0.15, -0.1) is 0 Å². The first-order chi connectivity index (χ1) is 17.1. The second-order valence-electron chi connectivity index (χ2n) is 8.59. The van der Waals surface area contributed by atoms with Gasteiger partial charge in [-0.2, -0.15) is 17.7 Å². The Kier molecular flexibility index (Phi) is 7.01. The average Bonchev–Trinajstić information content (AvgIpc) is 2.82. The Morgan fingerprint density at radius 2 is 1.86 bits per heavy atom. The van der Waals surface area contributed by atoms with Gasteiger partial charge in [0.1, 0.15) is 12.7 Å². The summed E-state index contributed by atoms with van der Waals surface area (Å²) >= 11 is 0. The summed E-state index contributed by atoms with van der Waals surface area (Å²) in [7, 11) is 1.79. The number of anilines is 1. The summed E-state index contributed by atoms with van der Waals surface area (Å²) < 4.78 is 55.9. The van der Waals surface area contributed by atoms with Crippen molar-refractivity contribution in [3.63, 3.8) is 0 Å². The fourth-order valence-corrected chi connectivity index (χ4v) is 4.38. The van der Waals surface area contributed by atoms with E-state index in [1.54, 1.807) is 56.8 Å². The van der Waals surface area contributed by atoms with Crippen LogP contribution in [0.4, 0.5) is 18.9 Å². The quantitative estimate of drug-likeness (QED) is 0.372. The molecular weight excluding hydrogens is 471 g/mol. The molecule has 3 heterocycles. The van der Waals surface area contributed by atoms with Crippen LogP contribution < -0.4 is 14.6 Å². The third-order valence-electron chi connectivity index (χ3n) is 5.79. The van der Waals surface area contributed by atoms with E-state index >= 15 is 0 Å². The van der Waals surface area contributed by atoms with Crippen molar-refractivity contribution in [2.24, 2.45) is 7.05 Å². The molecule has 0 fully saturated rings. The van der Waals surface area contributed by atoms with Crippen LogP contribution in [-0.4, -0.2) is 23.7 Å². The number of fused-ring (bicyclic) bond motifs is 1. The van der Waals surface area contributed by atoms with Crippen molar-refractivity contribution in [3.05, 3.63) is 88.9 Å². The minimum absolute atomic E-state index is 0.0458. The van der Waals surface area contributed by atoms with Gasteiger partial charge in [0.05, 0.1) is 35.3 Å². The molecule has 1 N–H and O–H groups in total. The zero-order valence-corrected chi connectivity index (χ0v) is 20.4. The van der Waals surface area contributed by atoms with Crippen LogP contribution in [-0.2, 0) is 22.8 Å². The predicted molar refractivity (Wildman–Crippen MR) is 128 cm³/mol. The van der Waals surface area contributed by atoms with E-state index in [-0.39, 0.29) is 29.7 Å². The first kappa shape index (κ1) is 25.2. The number of alkyl halides is 3. The van der Waals surface area contributed by atoms with E-state index in [2.05, 4.69) is 10.3 Å². The normalized spacial score (nSPS) is 15.4. The van der Waals surface area contributed by atoms with Crippen LogP contribution in [0.25, 0.3) is 5.70 Å². The molecule has 3 aromatic rings. The Hall–Kier alpha value is -3.88. The van der Waals surface area contributed by atoms with Crippen molar-refractivity contribution in [1.29, 1.82) is 0 Å². The summed E-state index contributed by atoms with van der Waals surface area (Å²) in [6, 6.07) is 12.3. The Balaban J connectivity index is 2.12. The Bertz CT molecular complexity index is 1320. The number of benzene rings is 1. The SMILES string of the molecule is CCOC(=O)C1=C(c2cccc[n+]2C)Nc2ccnc(OC(C)C)c2C1c1ccccc1C(F)(F)F. The number of nitrogens with zero attached hydrogens (tertiary/aromatic N) is 2. The van der Waals surface area contributed by atoms with Crippen LogP contribution in [0.3, 0.4) is 0 Å². The number of halogens is 3. The minimum Gasteiger partial charge on any atom is -0.475 e. The molecule has 1 aliphatic rings. The zero-order valence-electron chi connectivity index (χ0n) is 20.4. The molecule has 1 aliphatic heterocycles. The highest BCUT2D eigenvalue weighted by Gasteiger charge is 2.44. The fraction of sp³-hybridized carbons (Fsp3) is 0.296. The summed E-state index contributed by atoms with van der Waals surface area (Å²) in [5.41, 5.74) is 0.901. The largest absolute Gasteiger partial charge is 0.475 e. The molecule has 4 rings (SSSR count). The third kappa shape index (κ3) is 4.78. The molecule has 2 aromatic heterocycles. The number of pyridine rings is 2. The van der Waals surface area contributed by atoms with Crippen molar-refractivity contribution in [2.45, 2.75) is 39.0 Å². The van der Waals surface area contributed by atoms with Gasteiger partial charge in [0.2, 0.25) is 11.6 Å². The van der Waals surface area contributed by atoms with Crippen molar-refractivity contribution in [2.75, 3.05) is 11.9 Å². The van der Waals surface area contributed by atoms with Crippen molar-refractivity contribution in [3.8, 4) is 5.88 Å². The van der Waals surface area contributed by atoms with Crippen molar-refractivity contribution < 1.29 is 32.0 Å². The number of nitrogens with one attached hydrogen (secondary N) is 1. The maximum atomic E-state index is 14.3. The highest BCUT2D eigenvalue weighted by molar-refractivity contribution is 6.04. The van der Waals surface area contributed by atoms with Crippen LogP contribution in [0, 0.1) is 0 Å². The molecule has 36 heavy (non-hydrogen) atoms. The smallest absolute Gasteiger partial charge is 0.416 e. The number of aryl methyl sites for hydroxylation is 1. The molecule has 1 atom stereocenters. The van der Waals surface area contributed by atoms with Gasteiger partial charge in [-0.05, 0) is 44.5 Å². The second kappa shape index (κ2) is 10.0. The van der Waals surface area contributed by atoms with Crippen molar-refractivity contribution in [1.82, 2.24) is 4.98 Å². The maximum Gasteiger partial charge on any atom is 0.416 e. The minimum atomic E-state index is -4.65. The van der Waals surface area contributed by atoms with Gasteiger partial charge in [0.15, 0.2) is 6.20 Å². The highest BCUT2D eigenvalue weighted by atomic mass is 19.4. The number of hydrogen-bond acceptors (Lipinski definition) is 5. The first-order valence-corrected chi connectivity index (χ1v) is 11.6. The molecule has 6 nitrogen and oxygen atoms in total. The molecule has 0 aliphatic carbocycles.